The van der Waals surface area contributed by atoms with Gasteiger partial charge in [-0.1, -0.05) is 6.07 Å². The first kappa shape index (κ1) is 9.74. The van der Waals surface area contributed by atoms with Crippen molar-refractivity contribution in [2.45, 2.75) is 6.10 Å². The number of morpholine rings is 1. The van der Waals surface area contributed by atoms with Crippen molar-refractivity contribution in [2.24, 2.45) is 0 Å². The molecule has 0 radical (unpaired) electrons. The molecule has 16 heavy (non-hydrogen) atoms. The van der Waals surface area contributed by atoms with E-state index in [1.165, 1.54) is 6.07 Å². The predicted octanol–water partition coefficient (Wildman–Crippen LogP) is 1.36. The number of hydrogen-bond acceptors (Lipinski definition) is 3. The number of hydrogen-bond donors (Lipinski definition) is 2. The number of ether oxygens (including phenoxy) is 1. The number of nitrogens with one attached hydrogen (secondary N) is 2. The van der Waals surface area contributed by atoms with Gasteiger partial charge >= 0.3 is 0 Å². The summed E-state index contributed by atoms with van der Waals surface area (Å²) in [5, 5.41) is 3.21. The largest absolute Gasteiger partial charge is 0.368 e. The second-order valence-electron chi connectivity index (χ2n) is 3.82. The van der Waals surface area contributed by atoms with E-state index in [1.807, 2.05) is 6.07 Å². The molecule has 1 saturated heterocycles. The topological polar surface area (TPSA) is 49.9 Å². The number of benzene rings is 1. The fraction of sp³-hybridized carbons (Fsp3) is 0.364. The third-order valence-electron chi connectivity index (χ3n) is 2.71. The SMILES string of the molecule is Fc1cccc2[nH]c([C@H]3CNCCO3)nc12. The first-order valence-electron chi connectivity index (χ1n) is 5.31. The lowest BCUT2D eigenvalue weighted by Crippen LogP contribution is -2.33. The van der Waals surface area contributed by atoms with Crippen LogP contribution in [0.5, 0.6) is 0 Å². The van der Waals surface area contributed by atoms with Crippen LogP contribution in [0, 0.1) is 5.82 Å². The highest BCUT2D eigenvalue weighted by Gasteiger charge is 2.19. The Hall–Kier alpha value is -1.46. The van der Waals surface area contributed by atoms with Gasteiger partial charge in [-0.15, -0.1) is 0 Å². The van der Waals surface area contributed by atoms with E-state index in [2.05, 4.69) is 15.3 Å². The van der Waals surface area contributed by atoms with E-state index in [1.54, 1.807) is 6.07 Å². The average molecular weight is 221 g/mol. The monoisotopic (exact) mass is 221 g/mol. The number of fused-ring (bicyclic) bond motifs is 1. The smallest absolute Gasteiger partial charge is 0.151 e. The van der Waals surface area contributed by atoms with Gasteiger partial charge < -0.3 is 15.0 Å². The first-order chi connectivity index (χ1) is 7.84. The molecule has 1 aromatic carbocycles. The van der Waals surface area contributed by atoms with E-state index >= 15 is 0 Å². The summed E-state index contributed by atoms with van der Waals surface area (Å²) in [6.07, 6.45) is -0.111. The van der Waals surface area contributed by atoms with E-state index in [9.17, 15) is 4.39 Å². The number of imidazole rings is 1. The molecular formula is C11H12FN3O. The Morgan fingerprint density at radius 3 is 3.12 bits per heavy atom. The Labute approximate surface area is 91.8 Å². The molecule has 0 unspecified atom stereocenters. The molecule has 0 amide bonds. The van der Waals surface area contributed by atoms with Crippen molar-refractivity contribution in [1.82, 2.24) is 15.3 Å². The Morgan fingerprint density at radius 1 is 1.44 bits per heavy atom. The minimum absolute atomic E-state index is 0.111. The van der Waals surface area contributed by atoms with E-state index in [-0.39, 0.29) is 11.9 Å². The first-order valence-corrected chi connectivity index (χ1v) is 5.31. The maximum atomic E-state index is 13.4. The van der Waals surface area contributed by atoms with E-state index in [4.69, 9.17) is 4.74 Å². The molecule has 0 saturated carbocycles. The number of rotatable bonds is 1. The van der Waals surface area contributed by atoms with Gasteiger partial charge in [0, 0.05) is 13.1 Å². The van der Waals surface area contributed by atoms with Gasteiger partial charge in [-0.2, -0.15) is 0 Å². The lowest BCUT2D eigenvalue weighted by Gasteiger charge is -2.21. The lowest BCUT2D eigenvalue weighted by molar-refractivity contribution is 0.0228. The molecule has 3 rings (SSSR count). The number of aromatic amines is 1. The Balaban J connectivity index is 2.01. The summed E-state index contributed by atoms with van der Waals surface area (Å²) in [5.74, 6) is 0.385. The Kier molecular flexibility index (Phi) is 2.34. The van der Waals surface area contributed by atoms with E-state index < -0.39 is 0 Å². The second-order valence-corrected chi connectivity index (χ2v) is 3.82. The van der Waals surface area contributed by atoms with Crippen molar-refractivity contribution >= 4 is 11.0 Å². The van der Waals surface area contributed by atoms with Gasteiger partial charge in [-0.05, 0) is 12.1 Å². The van der Waals surface area contributed by atoms with Gasteiger partial charge in [0.05, 0.1) is 12.1 Å². The molecule has 2 heterocycles. The highest BCUT2D eigenvalue weighted by molar-refractivity contribution is 5.75. The molecule has 1 aliphatic rings. The molecule has 5 heteroatoms. The predicted molar refractivity (Wildman–Crippen MR) is 57.6 cm³/mol. The van der Waals surface area contributed by atoms with Crippen LogP contribution in [0.4, 0.5) is 4.39 Å². The fourth-order valence-corrected chi connectivity index (χ4v) is 1.91. The van der Waals surface area contributed by atoms with Crippen LogP contribution in [-0.2, 0) is 4.74 Å². The summed E-state index contributed by atoms with van der Waals surface area (Å²) in [7, 11) is 0. The van der Waals surface area contributed by atoms with Crippen molar-refractivity contribution < 1.29 is 9.13 Å². The highest BCUT2D eigenvalue weighted by atomic mass is 19.1. The van der Waals surface area contributed by atoms with Crippen LogP contribution in [0.15, 0.2) is 18.2 Å². The molecule has 1 fully saturated rings. The van der Waals surface area contributed by atoms with Gasteiger partial charge in [-0.3, -0.25) is 0 Å². The Morgan fingerprint density at radius 2 is 2.38 bits per heavy atom. The normalized spacial score (nSPS) is 21.4. The van der Waals surface area contributed by atoms with Crippen LogP contribution in [0.2, 0.25) is 0 Å². The zero-order valence-electron chi connectivity index (χ0n) is 8.66. The van der Waals surface area contributed by atoms with Crippen LogP contribution in [0.25, 0.3) is 11.0 Å². The Bertz CT molecular complexity index is 505. The van der Waals surface area contributed by atoms with Gasteiger partial charge in [0.25, 0.3) is 0 Å². The molecule has 2 N–H and O–H groups in total. The molecule has 0 bridgehead atoms. The summed E-state index contributed by atoms with van der Waals surface area (Å²) in [6, 6.07) is 4.89. The van der Waals surface area contributed by atoms with Crippen LogP contribution >= 0.6 is 0 Å². The number of halogens is 1. The van der Waals surface area contributed by atoms with E-state index in [0.717, 1.165) is 6.54 Å². The third-order valence-corrected chi connectivity index (χ3v) is 2.71. The molecule has 84 valence electrons. The summed E-state index contributed by atoms with van der Waals surface area (Å²) in [4.78, 5) is 7.33. The second kappa shape index (κ2) is 3.84. The summed E-state index contributed by atoms with van der Waals surface area (Å²) >= 11 is 0. The van der Waals surface area contributed by atoms with Crippen LogP contribution in [-0.4, -0.2) is 29.7 Å². The zero-order valence-corrected chi connectivity index (χ0v) is 8.66. The van der Waals surface area contributed by atoms with Crippen molar-refractivity contribution in [3.63, 3.8) is 0 Å². The van der Waals surface area contributed by atoms with Crippen molar-refractivity contribution in [1.29, 1.82) is 0 Å². The van der Waals surface area contributed by atoms with Gasteiger partial charge in [0.1, 0.15) is 17.4 Å². The number of aromatic nitrogens is 2. The van der Waals surface area contributed by atoms with Crippen LogP contribution in [0.1, 0.15) is 11.9 Å². The molecular weight excluding hydrogens is 209 g/mol. The molecule has 2 aromatic rings. The highest BCUT2D eigenvalue weighted by Crippen LogP contribution is 2.21. The number of nitrogens with zero attached hydrogens (tertiary/aromatic N) is 1. The van der Waals surface area contributed by atoms with Gasteiger partial charge in [0.2, 0.25) is 0 Å². The maximum Gasteiger partial charge on any atom is 0.151 e. The molecule has 4 nitrogen and oxygen atoms in total. The fourth-order valence-electron chi connectivity index (χ4n) is 1.91. The van der Waals surface area contributed by atoms with Gasteiger partial charge in [-0.25, -0.2) is 9.37 Å². The molecule has 1 atom stereocenters. The van der Waals surface area contributed by atoms with Crippen LogP contribution < -0.4 is 5.32 Å². The molecule has 1 aliphatic heterocycles. The maximum absolute atomic E-state index is 13.4. The number of H-pyrrole nitrogens is 1. The third kappa shape index (κ3) is 1.58. The zero-order chi connectivity index (χ0) is 11.0. The molecule has 1 aromatic heterocycles. The van der Waals surface area contributed by atoms with Gasteiger partial charge in [0.15, 0.2) is 5.82 Å². The summed E-state index contributed by atoms with van der Waals surface area (Å²) in [5.41, 5.74) is 1.09. The van der Waals surface area contributed by atoms with Crippen molar-refractivity contribution in [2.75, 3.05) is 19.7 Å². The molecule has 0 spiro atoms. The number of para-hydroxylation sites is 1. The summed E-state index contributed by atoms with van der Waals surface area (Å²) in [6.45, 7) is 2.22. The lowest BCUT2D eigenvalue weighted by atomic mass is 10.3. The minimum atomic E-state index is -0.302. The minimum Gasteiger partial charge on any atom is -0.368 e. The van der Waals surface area contributed by atoms with Crippen LogP contribution in [0.3, 0.4) is 0 Å². The quantitative estimate of drug-likeness (QED) is 0.764. The summed E-state index contributed by atoms with van der Waals surface area (Å²) < 4.78 is 19.0. The molecule has 0 aliphatic carbocycles. The van der Waals surface area contributed by atoms with Crippen molar-refractivity contribution in [3.8, 4) is 0 Å². The average Bonchev–Trinajstić information content (AvgIpc) is 2.76. The van der Waals surface area contributed by atoms with Crippen molar-refractivity contribution in [3.05, 3.63) is 29.8 Å². The van der Waals surface area contributed by atoms with E-state index in [0.29, 0.717) is 30.0 Å². The standard InChI is InChI=1S/C11H12FN3O/c12-7-2-1-3-8-10(7)15-11(14-8)9-6-13-4-5-16-9/h1-3,9,13H,4-6H2,(H,14,15)/t9-/m1/s1.